The lowest BCUT2D eigenvalue weighted by molar-refractivity contribution is 0.600. The number of benzene rings is 2. The fourth-order valence-electron chi connectivity index (χ4n) is 2.65. The highest BCUT2D eigenvalue weighted by Crippen LogP contribution is 2.31. The highest BCUT2D eigenvalue weighted by Gasteiger charge is 2.20. The molecule has 0 bridgehead atoms. The van der Waals surface area contributed by atoms with Crippen LogP contribution in [-0.2, 0) is 16.4 Å². The van der Waals surface area contributed by atoms with Gasteiger partial charge in [0.1, 0.15) is 0 Å². The van der Waals surface area contributed by atoms with Gasteiger partial charge in [-0.1, -0.05) is 30.3 Å². The number of hydrogen-bond acceptors (Lipinski definition) is 3. The van der Waals surface area contributed by atoms with Crippen molar-refractivity contribution in [3.63, 3.8) is 0 Å². The molecule has 0 aromatic heterocycles. The molecule has 2 aromatic carbocycles. The van der Waals surface area contributed by atoms with Crippen molar-refractivity contribution in [3.05, 3.63) is 53.6 Å². The summed E-state index contributed by atoms with van der Waals surface area (Å²) in [7, 11) is -3.57. The van der Waals surface area contributed by atoms with Crippen molar-refractivity contribution in [2.45, 2.75) is 24.7 Å². The molecule has 0 atom stereocenters. The van der Waals surface area contributed by atoms with Gasteiger partial charge in [-0.05, 0) is 43.0 Å². The molecular weight excluding hydrogens is 284 g/mol. The van der Waals surface area contributed by atoms with Crippen molar-refractivity contribution in [1.29, 1.82) is 0 Å². The minimum atomic E-state index is -3.57. The molecule has 0 amide bonds. The smallest absolute Gasteiger partial charge is 0.262 e. The fourth-order valence-corrected chi connectivity index (χ4v) is 3.97. The minimum Gasteiger partial charge on any atom is -0.383 e. The van der Waals surface area contributed by atoms with Crippen LogP contribution < -0.4 is 10.0 Å². The topological polar surface area (TPSA) is 58.2 Å². The van der Waals surface area contributed by atoms with Crippen molar-refractivity contribution in [1.82, 2.24) is 0 Å². The van der Waals surface area contributed by atoms with Crippen LogP contribution in [0.5, 0.6) is 0 Å². The molecule has 0 saturated carbocycles. The van der Waals surface area contributed by atoms with E-state index in [2.05, 4.69) is 10.0 Å². The van der Waals surface area contributed by atoms with Gasteiger partial charge in [0.25, 0.3) is 10.0 Å². The summed E-state index contributed by atoms with van der Waals surface area (Å²) in [4.78, 5) is 0.318. The Kier molecular flexibility index (Phi) is 3.59. The number of aryl methyl sites for hydroxylation is 2. The number of hydrogen-bond donors (Lipinski definition) is 2. The summed E-state index contributed by atoms with van der Waals surface area (Å²) in [6, 6.07) is 12.7. The Morgan fingerprint density at radius 1 is 1.10 bits per heavy atom. The first-order chi connectivity index (χ1) is 10.1. The van der Waals surface area contributed by atoms with E-state index in [1.165, 1.54) is 0 Å². The first kappa shape index (κ1) is 13.9. The van der Waals surface area contributed by atoms with Gasteiger partial charge in [-0.15, -0.1) is 0 Å². The summed E-state index contributed by atoms with van der Waals surface area (Å²) in [6.45, 7) is 2.67. The van der Waals surface area contributed by atoms with E-state index in [1.54, 1.807) is 31.2 Å². The third-order valence-electron chi connectivity index (χ3n) is 3.70. The third-order valence-corrected chi connectivity index (χ3v) is 5.23. The molecule has 1 aliphatic heterocycles. The van der Waals surface area contributed by atoms with E-state index in [-0.39, 0.29) is 0 Å². The first-order valence-corrected chi connectivity index (χ1v) is 8.50. The van der Waals surface area contributed by atoms with Gasteiger partial charge in [0.15, 0.2) is 0 Å². The van der Waals surface area contributed by atoms with E-state index >= 15 is 0 Å². The maximum Gasteiger partial charge on any atom is 0.262 e. The zero-order chi connectivity index (χ0) is 14.9. The lowest BCUT2D eigenvalue weighted by atomic mass is 10.0. The Bertz CT molecular complexity index is 770. The lowest BCUT2D eigenvalue weighted by Crippen LogP contribution is -2.18. The highest BCUT2D eigenvalue weighted by molar-refractivity contribution is 7.92. The Morgan fingerprint density at radius 3 is 2.71 bits per heavy atom. The molecule has 2 N–H and O–H groups in total. The first-order valence-electron chi connectivity index (χ1n) is 7.02. The number of para-hydroxylation sites is 1. The fraction of sp³-hybridized carbons (Fsp3) is 0.250. The monoisotopic (exact) mass is 302 g/mol. The Labute approximate surface area is 125 Å². The van der Waals surface area contributed by atoms with E-state index in [0.717, 1.165) is 36.2 Å². The second-order valence-corrected chi connectivity index (χ2v) is 6.89. The van der Waals surface area contributed by atoms with Crippen molar-refractivity contribution < 1.29 is 8.42 Å². The second-order valence-electron chi connectivity index (χ2n) is 5.24. The van der Waals surface area contributed by atoms with Gasteiger partial charge in [0.2, 0.25) is 0 Å². The molecule has 0 saturated heterocycles. The molecule has 2 aromatic rings. The number of sulfonamides is 1. The minimum absolute atomic E-state index is 0.318. The molecular formula is C16H18N2O2S. The predicted molar refractivity (Wildman–Crippen MR) is 85.2 cm³/mol. The summed E-state index contributed by atoms with van der Waals surface area (Å²) in [6.07, 6.45) is 2.04. The van der Waals surface area contributed by atoms with Gasteiger partial charge in [-0.3, -0.25) is 4.72 Å². The molecule has 5 heteroatoms. The van der Waals surface area contributed by atoms with Gasteiger partial charge >= 0.3 is 0 Å². The molecule has 110 valence electrons. The van der Waals surface area contributed by atoms with Crippen LogP contribution in [0.3, 0.4) is 0 Å². The molecule has 3 rings (SSSR count). The zero-order valence-electron chi connectivity index (χ0n) is 11.9. The summed E-state index contributed by atoms with van der Waals surface area (Å²) < 4.78 is 27.9. The van der Waals surface area contributed by atoms with Crippen LogP contribution in [-0.4, -0.2) is 15.0 Å². The molecule has 0 unspecified atom stereocenters. The van der Waals surface area contributed by atoms with Gasteiger partial charge in [0.05, 0.1) is 16.3 Å². The molecule has 0 radical (unpaired) electrons. The molecule has 1 aliphatic rings. The van der Waals surface area contributed by atoms with Crippen molar-refractivity contribution in [3.8, 4) is 0 Å². The van der Waals surface area contributed by atoms with E-state index < -0.39 is 10.0 Å². The molecule has 21 heavy (non-hydrogen) atoms. The van der Waals surface area contributed by atoms with Crippen molar-refractivity contribution >= 4 is 21.4 Å². The van der Waals surface area contributed by atoms with E-state index in [9.17, 15) is 8.42 Å². The molecule has 0 aliphatic carbocycles. The number of nitrogens with one attached hydrogen (secondary N) is 2. The molecule has 4 nitrogen and oxygen atoms in total. The quantitative estimate of drug-likeness (QED) is 0.915. The van der Waals surface area contributed by atoms with Crippen LogP contribution in [0.25, 0.3) is 0 Å². The molecule has 0 fully saturated rings. The predicted octanol–water partition coefficient (Wildman–Crippen LogP) is 3.15. The standard InChI is InChI=1S/C16H18N2O2S/c1-12-6-2-3-10-15(12)21(19,20)18-14-9-4-7-13-8-5-11-17-16(13)14/h2-4,6-7,9-10,17-18H,5,8,11H2,1H3. The number of anilines is 2. The Hall–Kier alpha value is -2.01. The normalized spacial score (nSPS) is 14.1. The Balaban J connectivity index is 1.99. The van der Waals surface area contributed by atoms with Gasteiger partial charge in [-0.25, -0.2) is 8.42 Å². The van der Waals surface area contributed by atoms with Crippen LogP contribution in [0.15, 0.2) is 47.4 Å². The molecule has 1 heterocycles. The van der Waals surface area contributed by atoms with Crippen molar-refractivity contribution in [2.24, 2.45) is 0 Å². The van der Waals surface area contributed by atoms with E-state index in [4.69, 9.17) is 0 Å². The maximum atomic E-state index is 12.6. The summed E-state index contributed by atoms with van der Waals surface area (Å²) in [5, 5.41) is 3.29. The SMILES string of the molecule is Cc1ccccc1S(=O)(=O)Nc1cccc2c1NCCC2. The third kappa shape index (κ3) is 2.74. The highest BCUT2D eigenvalue weighted by atomic mass is 32.2. The number of fused-ring (bicyclic) bond motifs is 1. The van der Waals surface area contributed by atoms with Crippen LogP contribution in [0.2, 0.25) is 0 Å². The Morgan fingerprint density at radius 2 is 1.90 bits per heavy atom. The summed E-state index contributed by atoms with van der Waals surface area (Å²) >= 11 is 0. The lowest BCUT2D eigenvalue weighted by Gasteiger charge is -2.22. The van der Waals surface area contributed by atoms with Gasteiger partial charge < -0.3 is 5.32 Å². The summed E-state index contributed by atoms with van der Waals surface area (Å²) in [5.41, 5.74) is 3.42. The second kappa shape index (κ2) is 5.41. The van der Waals surface area contributed by atoms with Gasteiger partial charge in [-0.2, -0.15) is 0 Å². The zero-order valence-corrected chi connectivity index (χ0v) is 12.7. The van der Waals surface area contributed by atoms with Crippen LogP contribution in [0, 0.1) is 6.92 Å². The average Bonchev–Trinajstić information content (AvgIpc) is 2.47. The maximum absolute atomic E-state index is 12.6. The van der Waals surface area contributed by atoms with E-state index in [0.29, 0.717) is 10.6 Å². The van der Waals surface area contributed by atoms with Crippen LogP contribution in [0.1, 0.15) is 17.5 Å². The van der Waals surface area contributed by atoms with Crippen molar-refractivity contribution in [2.75, 3.05) is 16.6 Å². The molecule has 0 spiro atoms. The number of rotatable bonds is 3. The van der Waals surface area contributed by atoms with E-state index in [1.807, 2.05) is 18.2 Å². The average molecular weight is 302 g/mol. The largest absolute Gasteiger partial charge is 0.383 e. The van der Waals surface area contributed by atoms with Crippen LogP contribution in [0.4, 0.5) is 11.4 Å². The van der Waals surface area contributed by atoms with Crippen LogP contribution >= 0.6 is 0 Å². The summed E-state index contributed by atoms with van der Waals surface area (Å²) in [5.74, 6) is 0. The van der Waals surface area contributed by atoms with Gasteiger partial charge in [0, 0.05) is 6.54 Å².